The van der Waals surface area contributed by atoms with Crippen molar-refractivity contribution in [1.29, 1.82) is 0 Å². The molecule has 0 aliphatic heterocycles. The Labute approximate surface area is 64.7 Å². The van der Waals surface area contributed by atoms with Crippen molar-refractivity contribution < 1.29 is 4.79 Å². The third-order valence-corrected chi connectivity index (χ3v) is 1.25. The molecule has 0 saturated heterocycles. The summed E-state index contributed by atoms with van der Waals surface area (Å²) in [6.45, 7) is 1.79. The quantitative estimate of drug-likeness (QED) is 0.626. The molecule has 1 heterocycles. The summed E-state index contributed by atoms with van der Waals surface area (Å²) in [4.78, 5) is 17.8. The summed E-state index contributed by atoms with van der Waals surface area (Å²) >= 11 is 0. The largest absolute Gasteiger partial charge is 0.338 e. The lowest BCUT2D eigenvalue weighted by Crippen LogP contribution is -2.18. The van der Waals surface area contributed by atoms with Crippen LogP contribution in [0.4, 0.5) is 0 Å². The van der Waals surface area contributed by atoms with E-state index in [-0.39, 0.29) is 6.04 Å². The lowest BCUT2D eigenvalue weighted by atomic mass is 10.3. The number of hydrogen-bond donors (Lipinski definition) is 1. The Morgan fingerprint density at radius 2 is 2.18 bits per heavy atom. The van der Waals surface area contributed by atoms with Gasteiger partial charge in [0.05, 0.1) is 6.04 Å². The van der Waals surface area contributed by atoms with Crippen LogP contribution in [0.15, 0.2) is 18.5 Å². The van der Waals surface area contributed by atoms with Gasteiger partial charge in [-0.05, 0) is 13.0 Å². The second-order valence-electron chi connectivity index (χ2n) is 2.08. The van der Waals surface area contributed by atoms with Crippen LogP contribution in [-0.2, 0) is 4.79 Å². The molecule has 4 nitrogen and oxygen atoms in total. The highest BCUT2D eigenvalue weighted by Crippen LogP contribution is 2.01. The van der Waals surface area contributed by atoms with Crippen LogP contribution in [0.25, 0.3) is 0 Å². The van der Waals surface area contributed by atoms with Gasteiger partial charge >= 0.3 is 6.41 Å². The molecule has 1 aromatic heterocycles. The fourth-order valence-electron chi connectivity index (χ4n) is 0.687. The van der Waals surface area contributed by atoms with E-state index in [4.69, 9.17) is 0 Å². The predicted molar refractivity (Wildman–Crippen MR) is 39.3 cm³/mol. The van der Waals surface area contributed by atoms with Gasteiger partial charge in [-0.3, -0.25) is 4.79 Å². The van der Waals surface area contributed by atoms with E-state index in [1.807, 2.05) is 0 Å². The van der Waals surface area contributed by atoms with Crippen LogP contribution in [-0.4, -0.2) is 16.4 Å². The summed E-state index contributed by atoms with van der Waals surface area (Å²) in [6.07, 6.45) is 4.85. The minimum absolute atomic E-state index is 0.173. The van der Waals surface area contributed by atoms with Gasteiger partial charge in [-0.1, -0.05) is 0 Å². The molecule has 0 spiro atoms. The minimum Gasteiger partial charge on any atom is -0.338 e. The van der Waals surface area contributed by atoms with Crippen molar-refractivity contribution in [3.8, 4) is 0 Å². The highest BCUT2D eigenvalue weighted by atomic mass is 16.1. The summed E-state index contributed by atoms with van der Waals surface area (Å²) in [5.41, 5.74) is 0. The van der Waals surface area contributed by atoms with Crippen molar-refractivity contribution in [2.24, 2.45) is 0 Å². The molecule has 0 bridgehead atoms. The van der Waals surface area contributed by atoms with E-state index in [1.165, 1.54) is 0 Å². The number of amides is 1. The fourth-order valence-corrected chi connectivity index (χ4v) is 0.687. The van der Waals surface area contributed by atoms with E-state index in [1.54, 1.807) is 31.8 Å². The van der Waals surface area contributed by atoms with Gasteiger partial charge in [0, 0.05) is 12.4 Å². The molecule has 1 N–H and O–H groups in total. The first-order chi connectivity index (χ1) is 5.34. The summed E-state index contributed by atoms with van der Waals surface area (Å²) < 4.78 is 0. The van der Waals surface area contributed by atoms with Crippen LogP contribution in [0.2, 0.25) is 0 Å². The average Bonchev–Trinajstić information content (AvgIpc) is 2.07. The number of carbonyl (C=O) groups excluding carboxylic acids is 1. The van der Waals surface area contributed by atoms with E-state index >= 15 is 0 Å². The van der Waals surface area contributed by atoms with Gasteiger partial charge < -0.3 is 5.32 Å². The molecular weight excluding hydrogens is 142 g/mol. The van der Waals surface area contributed by atoms with Crippen LogP contribution in [0.5, 0.6) is 0 Å². The van der Waals surface area contributed by atoms with Gasteiger partial charge in [0.15, 0.2) is 0 Å². The molecule has 1 radical (unpaired) electrons. The molecule has 0 aliphatic carbocycles. The molecule has 1 aromatic rings. The van der Waals surface area contributed by atoms with Gasteiger partial charge in [-0.25, -0.2) is 9.97 Å². The van der Waals surface area contributed by atoms with Crippen LogP contribution in [0, 0.1) is 0 Å². The first-order valence-electron chi connectivity index (χ1n) is 3.24. The van der Waals surface area contributed by atoms with Crippen molar-refractivity contribution in [3.63, 3.8) is 0 Å². The van der Waals surface area contributed by atoms with Crippen LogP contribution in [0.1, 0.15) is 18.8 Å². The predicted octanol–water partition coefficient (Wildman–Crippen LogP) is 0.194. The van der Waals surface area contributed by atoms with Gasteiger partial charge in [-0.2, -0.15) is 0 Å². The maximum absolute atomic E-state index is 9.90. The zero-order valence-corrected chi connectivity index (χ0v) is 6.11. The second-order valence-corrected chi connectivity index (χ2v) is 2.08. The zero-order valence-electron chi connectivity index (χ0n) is 6.11. The van der Waals surface area contributed by atoms with E-state index in [9.17, 15) is 4.79 Å². The Morgan fingerprint density at radius 3 is 2.73 bits per heavy atom. The lowest BCUT2D eigenvalue weighted by molar-refractivity contribution is 0.524. The summed E-state index contributed by atoms with van der Waals surface area (Å²) in [5, 5.41) is 2.43. The van der Waals surface area contributed by atoms with Crippen molar-refractivity contribution in [2.75, 3.05) is 0 Å². The van der Waals surface area contributed by atoms with E-state index < -0.39 is 0 Å². The van der Waals surface area contributed by atoms with Crippen molar-refractivity contribution in [2.45, 2.75) is 13.0 Å². The topological polar surface area (TPSA) is 54.9 Å². The number of nitrogens with zero attached hydrogens (tertiary/aromatic N) is 2. The molecule has 0 aliphatic rings. The Balaban J connectivity index is 2.68. The smallest absolute Gasteiger partial charge is 0.309 e. The summed E-state index contributed by atoms with van der Waals surface area (Å²) in [6, 6.07) is 1.55. The molecule has 0 fully saturated rings. The van der Waals surface area contributed by atoms with Crippen molar-refractivity contribution >= 4 is 6.41 Å². The zero-order chi connectivity index (χ0) is 8.10. The molecular formula is C7H8N3O. The Bertz CT molecular complexity index is 224. The molecule has 1 rings (SSSR count). The third-order valence-electron chi connectivity index (χ3n) is 1.25. The van der Waals surface area contributed by atoms with Crippen molar-refractivity contribution in [1.82, 2.24) is 15.3 Å². The van der Waals surface area contributed by atoms with Crippen LogP contribution >= 0.6 is 0 Å². The number of hydrogen-bond acceptors (Lipinski definition) is 3. The highest BCUT2D eigenvalue weighted by Gasteiger charge is 2.04. The Morgan fingerprint density at radius 1 is 1.55 bits per heavy atom. The molecule has 0 saturated carbocycles. The van der Waals surface area contributed by atoms with Crippen molar-refractivity contribution in [3.05, 3.63) is 24.3 Å². The number of aromatic nitrogens is 2. The molecule has 4 heteroatoms. The Kier molecular flexibility index (Phi) is 2.54. The fraction of sp³-hybridized carbons (Fsp3) is 0.286. The van der Waals surface area contributed by atoms with E-state index in [0.29, 0.717) is 5.82 Å². The van der Waals surface area contributed by atoms with E-state index in [0.717, 1.165) is 0 Å². The normalized spacial score (nSPS) is 12.1. The molecule has 0 aromatic carbocycles. The number of rotatable bonds is 3. The standard InChI is InChI=1S/C7H8N3O/c1-6(10-5-11)7-8-3-2-4-9-7/h2-4,6H,1H3,(H,10,11). The average molecular weight is 150 g/mol. The maximum Gasteiger partial charge on any atom is 0.309 e. The molecule has 57 valence electrons. The summed E-state index contributed by atoms with van der Waals surface area (Å²) in [7, 11) is 0. The highest BCUT2D eigenvalue weighted by molar-refractivity contribution is 5.47. The van der Waals surface area contributed by atoms with Gasteiger partial charge in [0.2, 0.25) is 0 Å². The second kappa shape index (κ2) is 3.65. The number of nitrogens with one attached hydrogen (secondary N) is 1. The van der Waals surface area contributed by atoms with Crippen LogP contribution in [0.3, 0.4) is 0 Å². The Hall–Kier alpha value is -1.45. The molecule has 1 unspecified atom stereocenters. The van der Waals surface area contributed by atoms with Gasteiger partial charge in [0.1, 0.15) is 5.82 Å². The first kappa shape index (κ1) is 7.65. The maximum atomic E-state index is 9.90. The first-order valence-corrected chi connectivity index (χ1v) is 3.24. The summed E-state index contributed by atoms with van der Waals surface area (Å²) in [5.74, 6) is 0.593. The van der Waals surface area contributed by atoms with E-state index in [2.05, 4.69) is 15.3 Å². The minimum atomic E-state index is -0.173. The molecule has 1 amide bonds. The van der Waals surface area contributed by atoms with Crippen LogP contribution < -0.4 is 5.32 Å². The molecule has 11 heavy (non-hydrogen) atoms. The monoisotopic (exact) mass is 150 g/mol. The third kappa shape index (κ3) is 2.00. The SMILES string of the molecule is CC(N[C]=O)c1ncccn1. The molecule has 1 atom stereocenters. The lowest BCUT2D eigenvalue weighted by Gasteiger charge is -2.05. The van der Waals surface area contributed by atoms with Gasteiger partial charge in [-0.15, -0.1) is 0 Å². The van der Waals surface area contributed by atoms with Gasteiger partial charge in [0.25, 0.3) is 0 Å².